The van der Waals surface area contributed by atoms with Gasteiger partial charge in [0.25, 0.3) is 5.91 Å². The van der Waals surface area contributed by atoms with Gasteiger partial charge in [-0.2, -0.15) is 0 Å². The molecule has 0 bridgehead atoms. The zero-order valence-electron chi connectivity index (χ0n) is 14.5. The van der Waals surface area contributed by atoms with Gasteiger partial charge in [-0.25, -0.2) is 0 Å². The summed E-state index contributed by atoms with van der Waals surface area (Å²) in [6.45, 7) is 4.36. The second kappa shape index (κ2) is 6.19. The van der Waals surface area contributed by atoms with E-state index in [0.29, 0.717) is 11.5 Å². The van der Waals surface area contributed by atoms with Crippen LogP contribution < -0.4 is 14.8 Å². The van der Waals surface area contributed by atoms with Crippen LogP contribution in [0.15, 0.2) is 48.5 Å². The molecule has 0 heterocycles. The van der Waals surface area contributed by atoms with Gasteiger partial charge in [0.2, 0.25) is 0 Å². The molecule has 1 amide bonds. The molecule has 0 aromatic heterocycles. The van der Waals surface area contributed by atoms with Crippen molar-refractivity contribution in [2.75, 3.05) is 14.2 Å². The number of carbonyl (C=O) groups is 1. The third-order valence-electron chi connectivity index (χ3n) is 4.94. The van der Waals surface area contributed by atoms with Crippen molar-refractivity contribution in [3.63, 3.8) is 0 Å². The molecule has 1 saturated carbocycles. The first kappa shape index (κ1) is 16.4. The average Bonchev–Trinajstić information content (AvgIpc) is 3.15. The van der Waals surface area contributed by atoms with Crippen molar-refractivity contribution in [1.82, 2.24) is 5.32 Å². The topological polar surface area (TPSA) is 47.6 Å². The highest BCUT2D eigenvalue weighted by Gasteiger charge is 2.59. The summed E-state index contributed by atoms with van der Waals surface area (Å²) in [6, 6.07) is 15.4. The maximum Gasteiger partial charge on any atom is 0.251 e. The van der Waals surface area contributed by atoms with Crippen LogP contribution >= 0.6 is 0 Å². The van der Waals surface area contributed by atoms with Crippen molar-refractivity contribution in [1.29, 1.82) is 0 Å². The summed E-state index contributed by atoms with van der Waals surface area (Å²) < 4.78 is 10.3. The molecule has 1 aliphatic rings. The normalized spacial score (nSPS) is 21.0. The van der Waals surface area contributed by atoms with Gasteiger partial charge in [-0.05, 0) is 47.4 Å². The minimum absolute atomic E-state index is 0.0384. The molecule has 0 radical (unpaired) electrons. The summed E-state index contributed by atoms with van der Waals surface area (Å²) in [7, 11) is 3.27. The molecule has 2 atom stereocenters. The van der Waals surface area contributed by atoms with Crippen molar-refractivity contribution >= 4 is 5.91 Å². The predicted octanol–water partition coefficient (Wildman–Crippen LogP) is 3.63. The van der Waals surface area contributed by atoms with Crippen LogP contribution in [0.1, 0.15) is 35.7 Å². The standard InChI is InChI=1S/C20H23NO3/c1-20(2)17(13-5-9-15(23-3)10-6-13)18(20)21-19(22)14-7-11-16(24-4)12-8-14/h5-12,17-18H,1-4H3,(H,21,22). The predicted molar refractivity (Wildman–Crippen MR) is 93.8 cm³/mol. The fourth-order valence-corrected chi connectivity index (χ4v) is 3.31. The van der Waals surface area contributed by atoms with Gasteiger partial charge in [0.15, 0.2) is 0 Å². The summed E-state index contributed by atoms with van der Waals surface area (Å²) in [5.41, 5.74) is 1.91. The lowest BCUT2D eigenvalue weighted by Gasteiger charge is -2.07. The number of rotatable bonds is 5. The van der Waals surface area contributed by atoms with E-state index in [0.717, 1.165) is 11.5 Å². The average molecular weight is 325 g/mol. The number of hydrogen-bond acceptors (Lipinski definition) is 3. The number of hydrogen-bond donors (Lipinski definition) is 1. The van der Waals surface area contributed by atoms with Crippen molar-refractivity contribution in [3.05, 3.63) is 59.7 Å². The molecular formula is C20H23NO3. The number of methoxy groups -OCH3 is 2. The van der Waals surface area contributed by atoms with Gasteiger partial charge < -0.3 is 14.8 Å². The molecule has 1 N–H and O–H groups in total. The summed E-state index contributed by atoms with van der Waals surface area (Å²) in [6.07, 6.45) is 0. The first-order valence-corrected chi connectivity index (χ1v) is 8.06. The van der Waals surface area contributed by atoms with Crippen molar-refractivity contribution in [2.24, 2.45) is 5.41 Å². The summed E-state index contributed by atoms with van der Waals surface area (Å²) in [5.74, 6) is 1.85. The first-order valence-electron chi connectivity index (χ1n) is 8.06. The minimum Gasteiger partial charge on any atom is -0.497 e. The monoisotopic (exact) mass is 325 g/mol. The van der Waals surface area contributed by atoms with Gasteiger partial charge in [-0.15, -0.1) is 0 Å². The largest absolute Gasteiger partial charge is 0.497 e. The smallest absolute Gasteiger partial charge is 0.251 e. The van der Waals surface area contributed by atoms with E-state index in [9.17, 15) is 4.79 Å². The van der Waals surface area contributed by atoms with Gasteiger partial charge in [0.1, 0.15) is 11.5 Å². The van der Waals surface area contributed by atoms with Crippen LogP contribution in [-0.4, -0.2) is 26.2 Å². The number of nitrogens with one attached hydrogen (secondary N) is 1. The summed E-state index contributed by atoms with van der Waals surface area (Å²) >= 11 is 0. The zero-order chi connectivity index (χ0) is 17.3. The van der Waals surface area contributed by atoms with Crippen molar-refractivity contribution < 1.29 is 14.3 Å². The lowest BCUT2D eigenvalue weighted by Crippen LogP contribution is -2.28. The van der Waals surface area contributed by atoms with E-state index < -0.39 is 0 Å². The Kier molecular flexibility index (Phi) is 4.22. The van der Waals surface area contributed by atoms with Crippen LogP contribution in [0, 0.1) is 5.41 Å². The second-order valence-corrected chi connectivity index (χ2v) is 6.75. The SMILES string of the molecule is COc1ccc(C(=O)NC2C(c3ccc(OC)cc3)C2(C)C)cc1. The van der Waals surface area contributed by atoms with Gasteiger partial charge in [0.05, 0.1) is 14.2 Å². The van der Waals surface area contributed by atoms with E-state index in [-0.39, 0.29) is 17.4 Å². The number of ether oxygens (including phenoxy) is 2. The Hall–Kier alpha value is -2.49. The highest BCUT2D eigenvalue weighted by molar-refractivity contribution is 5.95. The summed E-state index contributed by atoms with van der Waals surface area (Å²) in [4.78, 5) is 12.5. The summed E-state index contributed by atoms with van der Waals surface area (Å²) in [5, 5.41) is 3.16. The fraction of sp³-hybridized carbons (Fsp3) is 0.350. The molecule has 24 heavy (non-hydrogen) atoms. The molecule has 1 aliphatic carbocycles. The van der Waals surface area contributed by atoms with Crippen molar-refractivity contribution in [3.8, 4) is 11.5 Å². The molecule has 2 unspecified atom stereocenters. The quantitative estimate of drug-likeness (QED) is 0.913. The van der Waals surface area contributed by atoms with Gasteiger partial charge >= 0.3 is 0 Å². The Morgan fingerprint density at radius 2 is 1.42 bits per heavy atom. The maximum atomic E-state index is 12.5. The van der Waals surface area contributed by atoms with Gasteiger partial charge in [0, 0.05) is 17.5 Å². The maximum absolute atomic E-state index is 12.5. The Labute approximate surface area is 142 Å². The lowest BCUT2D eigenvalue weighted by molar-refractivity contribution is 0.0946. The van der Waals surface area contributed by atoms with Crippen LogP contribution in [0.2, 0.25) is 0 Å². The second-order valence-electron chi connectivity index (χ2n) is 6.75. The molecule has 0 spiro atoms. The van der Waals surface area contributed by atoms with E-state index >= 15 is 0 Å². The molecule has 0 saturated heterocycles. The molecular weight excluding hydrogens is 302 g/mol. The number of benzene rings is 2. The van der Waals surface area contributed by atoms with Crippen LogP contribution in [0.3, 0.4) is 0 Å². The molecule has 1 fully saturated rings. The van der Waals surface area contributed by atoms with Crippen molar-refractivity contribution in [2.45, 2.75) is 25.8 Å². The van der Waals surface area contributed by atoms with Gasteiger partial charge in [-0.1, -0.05) is 26.0 Å². The molecule has 0 aliphatic heterocycles. The van der Waals surface area contributed by atoms with E-state index in [1.807, 2.05) is 12.1 Å². The molecule has 126 valence electrons. The molecule has 3 rings (SSSR count). The van der Waals surface area contributed by atoms with Gasteiger partial charge in [-0.3, -0.25) is 4.79 Å². The first-order chi connectivity index (χ1) is 11.5. The lowest BCUT2D eigenvalue weighted by atomic mass is 10.0. The Balaban J connectivity index is 1.71. The van der Waals surface area contributed by atoms with E-state index in [2.05, 4.69) is 31.3 Å². The van der Waals surface area contributed by atoms with Crippen LogP contribution in [0.4, 0.5) is 0 Å². The number of carbonyl (C=O) groups excluding carboxylic acids is 1. The Bertz CT molecular complexity index is 720. The number of amides is 1. The van der Waals surface area contributed by atoms with Crippen LogP contribution in [0.25, 0.3) is 0 Å². The molecule has 4 heteroatoms. The fourth-order valence-electron chi connectivity index (χ4n) is 3.31. The molecule has 2 aromatic rings. The van der Waals surface area contributed by atoms with Crippen LogP contribution in [0.5, 0.6) is 11.5 Å². The van der Waals surface area contributed by atoms with E-state index in [1.54, 1.807) is 38.5 Å². The molecule has 2 aromatic carbocycles. The highest BCUT2D eigenvalue weighted by atomic mass is 16.5. The van der Waals surface area contributed by atoms with Crippen LogP contribution in [-0.2, 0) is 0 Å². The minimum atomic E-state index is -0.0493. The molecule has 4 nitrogen and oxygen atoms in total. The van der Waals surface area contributed by atoms with E-state index in [1.165, 1.54) is 5.56 Å². The van der Waals surface area contributed by atoms with E-state index in [4.69, 9.17) is 9.47 Å². The third kappa shape index (κ3) is 2.96. The Morgan fingerprint density at radius 1 is 0.917 bits per heavy atom. The Morgan fingerprint density at radius 3 is 1.92 bits per heavy atom. The highest BCUT2D eigenvalue weighted by Crippen LogP contribution is 2.58. The third-order valence-corrected chi connectivity index (χ3v) is 4.94. The zero-order valence-corrected chi connectivity index (χ0v) is 14.5.